The Morgan fingerprint density at radius 1 is 1.13 bits per heavy atom. The number of halogens is 1. The van der Waals surface area contributed by atoms with Gasteiger partial charge < -0.3 is 5.32 Å². The van der Waals surface area contributed by atoms with Gasteiger partial charge in [-0.1, -0.05) is 35.9 Å². The van der Waals surface area contributed by atoms with E-state index in [1.54, 1.807) is 24.3 Å². The maximum atomic E-state index is 13.0. The fraction of sp³-hybridized carbons (Fsp3) is 0.458. The quantitative estimate of drug-likeness (QED) is 0.677. The van der Waals surface area contributed by atoms with Crippen molar-refractivity contribution in [3.05, 3.63) is 69.2 Å². The molecule has 1 aliphatic rings. The Balaban J connectivity index is 1.66. The minimum absolute atomic E-state index is 0.0866. The van der Waals surface area contributed by atoms with E-state index in [2.05, 4.69) is 38.2 Å². The molecule has 1 aliphatic heterocycles. The molecule has 2 atom stereocenters. The van der Waals surface area contributed by atoms with Gasteiger partial charge in [0.05, 0.1) is 17.7 Å². The van der Waals surface area contributed by atoms with Crippen LogP contribution in [-0.4, -0.2) is 31.7 Å². The maximum Gasteiger partial charge on any atom is 0.224 e. The molecule has 7 heteroatoms. The van der Waals surface area contributed by atoms with Gasteiger partial charge in [-0.25, -0.2) is 12.7 Å². The minimum atomic E-state index is -3.50. The molecular weight excluding hydrogens is 432 g/mol. The normalized spacial score (nSPS) is 18.5. The third-order valence-electron chi connectivity index (χ3n) is 6.12. The van der Waals surface area contributed by atoms with Crippen LogP contribution in [0.15, 0.2) is 36.4 Å². The molecule has 0 unspecified atom stereocenters. The molecule has 2 aromatic carbocycles. The Hall–Kier alpha value is -1.89. The molecule has 5 nitrogen and oxygen atoms in total. The molecule has 3 rings (SSSR count). The molecule has 1 fully saturated rings. The van der Waals surface area contributed by atoms with Crippen LogP contribution in [0, 0.1) is 26.7 Å². The van der Waals surface area contributed by atoms with Crippen LogP contribution in [0.2, 0.25) is 5.02 Å². The summed E-state index contributed by atoms with van der Waals surface area (Å²) in [6.45, 7) is 8.85. The first-order valence-corrected chi connectivity index (χ1v) is 12.7. The molecule has 1 heterocycles. The van der Waals surface area contributed by atoms with Gasteiger partial charge in [-0.15, -0.1) is 0 Å². The first-order valence-electron chi connectivity index (χ1n) is 10.7. The Bertz CT molecular complexity index is 1050. The van der Waals surface area contributed by atoms with Gasteiger partial charge in [0, 0.05) is 18.1 Å². The number of hydrogen-bond acceptors (Lipinski definition) is 3. The van der Waals surface area contributed by atoms with Gasteiger partial charge in [0.25, 0.3) is 0 Å². The number of aryl methyl sites for hydroxylation is 3. The fourth-order valence-electron chi connectivity index (χ4n) is 4.15. The van der Waals surface area contributed by atoms with Crippen molar-refractivity contribution >= 4 is 27.5 Å². The van der Waals surface area contributed by atoms with Crippen LogP contribution in [0.1, 0.15) is 53.6 Å². The van der Waals surface area contributed by atoms with Crippen LogP contribution in [0.25, 0.3) is 0 Å². The zero-order valence-electron chi connectivity index (χ0n) is 18.6. The molecule has 1 saturated heterocycles. The van der Waals surface area contributed by atoms with Crippen LogP contribution in [0.4, 0.5) is 0 Å². The summed E-state index contributed by atoms with van der Waals surface area (Å²) < 4.78 is 27.3. The van der Waals surface area contributed by atoms with Crippen molar-refractivity contribution in [2.75, 3.05) is 13.1 Å². The first kappa shape index (κ1) is 23.8. The van der Waals surface area contributed by atoms with Crippen molar-refractivity contribution in [2.45, 2.75) is 52.3 Å². The standard InChI is InChI=1S/C24H31ClN2O3S/c1-16-12-18(3)23(13-17(16)2)19(4)26-24(28)21-6-5-11-27(14-21)31(29,30)15-20-7-9-22(25)10-8-20/h7-10,12-13,19,21H,5-6,11,14-15H2,1-4H3,(H,26,28)/t19-,21+/m1/s1. The molecule has 0 spiro atoms. The first-order chi connectivity index (χ1) is 14.6. The molecule has 2 aromatic rings. The summed E-state index contributed by atoms with van der Waals surface area (Å²) in [7, 11) is -3.50. The van der Waals surface area contributed by atoms with E-state index >= 15 is 0 Å². The van der Waals surface area contributed by atoms with Crippen molar-refractivity contribution < 1.29 is 13.2 Å². The van der Waals surface area contributed by atoms with Crippen molar-refractivity contribution in [3.63, 3.8) is 0 Å². The lowest BCUT2D eigenvalue weighted by molar-refractivity contribution is -0.126. The molecule has 0 aliphatic carbocycles. The van der Waals surface area contributed by atoms with Crippen LogP contribution in [-0.2, 0) is 20.6 Å². The Labute approximate surface area is 190 Å². The molecule has 168 valence electrons. The van der Waals surface area contributed by atoms with Crippen LogP contribution in [0.3, 0.4) is 0 Å². The average Bonchev–Trinajstić information content (AvgIpc) is 2.72. The number of benzene rings is 2. The topological polar surface area (TPSA) is 66.5 Å². The van der Waals surface area contributed by atoms with E-state index in [4.69, 9.17) is 11.6 Å². The smallest absolute Gasteiger partial charge is 0.224 e. The van der Waals surface area contributed by atoms with Gasteiger partial charge in [-0.2, -0.15) is 0 Å². The van der Waals surface area contributed by atoms with Crippen molar-refractivity contribution in [3.8, 4) is 0 Å². The van der Waals surface area contributed by atoms with Gasteiger partial charge >= 0.3 is 0 Å². The Kier molecular flexibility index (Phi) is 7.45. The van der Waals surface area contributed by atoms with Gasteiger partial charge in [0.15, 0.2) is 0 Å². The van der Waals surface area contributed by atoms with Gasteiger partial charge in [0.1, 0.15) is 0 Å². The highest BCUT2D eigenvalue weighted by Gasteiger charge is 2.33. The van der Waals surface area contributed by atoms with E-state index in [-0.39, 0.29) is 30.2 Å². The van der Waals surface area contributed by atoms with Crippen LogP contribution >= 0.6 is 11.6 Å². The summed E-state index contributed by atoms with van der Waals surface area (Å²) in [5.74, 6) is -0.518. The van der Waals surface area contributed by atoms with Crippen molar-refractivity contribution in [1.29, 1.82) is 0 Å². The second-order valence-corrected chi connectivity index (χ2v) is 11.0. The van der Waals surface area contributed by atoms with E-state index in [0.29, 0.717) is 30.0 Å². The number of hydrogen-bond donors (Lipinski definition) is 1. The predicted octanol–water partition coefficient (Wildman–Crippen LogP) is 4.68. The summed E-state index contributed by atoms with van der Waals surface area (Å²) in [6, 6.07) is 11.0. The van der Waals surface area contributed by atoms with E-state index < -0.39 is 10.0 Å². The Morgan fingerprint density at radius 3 is 2.45 bits per heavy atom. The molecule has 31 heavy (non-hydrogen) atoms. The lowest BCUT2D eigenvalue weighted by Gasteiger charge is -2.32. The number of sulfonamides is 1. The largest absolute Gasteiger partial charge is 0.349 e. The third-order valence-corrected chi connectivity index (χ3v) is 8.19. The van der Waals surface area contributed by atoms with Crippen molar-refractivity contribution in [2.24, 2.45) is 5.92 Å². The third kappa shape index (κ3) is 5.88. The summed E-state index contributed by atoms with van der Waals surface area (Å²) in [4.78, 5) is 13.0. The van der Waals surface area contributed by atoms with E-state index in [1.807, 2.05) is 6.92 Å². The second kappa shape index (κ2) is 9.72. The number of piperidine rings is 1. The van der Waals surface area contributed by atoms with Crippen LogP contribution < -0.4 is 5.32 Å². The zero-order chi connectivity index (χ0) is 22.8. The number of nitrogens with one attached hydrogen (secondary N) is 1. The van der Waals surface area contributed by atoms with Gasteiger partial charge in [0.2, 0.25) is 15.9 Å². The Morgan fingerprint density at radius 2 is 1.77 bits per heavy atom. The van der Waals surface area contributed by atoms with Crippen LogP contribution in [0.5, 0.6) is 0 Å². The predicted molar refractivity (Wildman–Crippen MR) is 126 cm³/mol. The second-order valence-electron chi connectivity index (χ2n) is 8.60. The monoisotopic (exact) mass is 462 g/mol. The summed E-state index contributed by atoms with van der Waals surface area (Å²) in [5.41, 5.74) is 5.36. The molecule has 0 radical (unpaired) electrons. The summed E-state index contributed by atoms with van der Waals surface area (Å²) in [5, 5.41) is 3.68. The van der Waals surface area contributed by atoms with Gasteiger partial charge in [-0.05, 0) is 80.5 Å². The number of nitrogens with zero attached hydrogens (tertiary/aromatic N) is 1. The summed E-state index contributed by atoms with van der Waals surface area (Å²) in [6.07, 6.45) is 1.37. The molecule has 0 saturated carbocycles. The molecule has 1 N–H and O–H groups in total. The minimum Gasteiger partial charge on any atom is -0.349 e. The summed E-state index contributed by atoms with van der Waals surface area (Å²) >= 11 is 5.89. The van der Waals surface area contributed by atoms with E-state index in [0.717, 1.165) is 11.1 Å². The van der Waals surface area contributed by atoms with E-state index in [1.165, 1.54) is 15.4 Å². The van der Waals surface area contributed by atoms with Gasteiger partial charge in [-0.3, -0.25) is 4.79 Å². The number of carbonyl (C=O) groups is 1. The van der Waals surface area contributed by atoms with E-state index in [9.17, 15) is 13.2 Å². The molecule has 0 aromatic heterocycles. The lowest BCUT2D eigenvalue weighted by Crippen LogP contribution is -2.46. The highest BCUT2D eigenvalue weighted by Crippen LogP contribution is 2.25. The SMILES string of the molecule is Cc1cc(C)c([C@@H](C)NC(=O)[C@H]2CCCN(S(=O)(=O)Cc3ccc(Cl)cc3)C2)cc1C. The average molecular weight is 463 g/mol. The lowest BCUT2D eigenvalue weighted by atomic mass is 9.95. The van der Waals surface area contributed by atoms with Crippen molar-refractivity contribution in [1.82, 2.24) is 9.62 Å². The molecule has 1 amide bonds. The fourth-order valence-corrected chi connectivity index (χ4v) is 5.89. The number of carbonyl (C=O) groups excluding carboxylic acids is 1. The highest BCUT2D eigenvalue weighted by molar-refractivity contribution is 7.88. The maximum absolute atomic E-state index is 13.0. The highest BCUT2D eigenvalue weighted by atomic mass is 35.5. The molecule has 0 bridgehead atoms. The zero-order valence-corrected chi connectivity index (χ0v) is 20.2. The number of amides is 1. The molecular formula is C24H31ClN2O3S. The number of rotatable bonds is 6.